The van der Waals surface area contributed by atoms with E-state index in [1.54, 1.807) is 19.1 Å². The summed E-state index contributed by atoms with van der Waals surface area (Å²) in [5.74, 6) is -0.786. The van der Waals surface area contributed by atoms with Gasteiger partial charge in [-0.25, -0.2) is 4.39 Å². The summed E-state index contributed by atoms with van der Waals surface area (Å²) in [4.78, 5) is 12.0. The first-order valence-electron chi connectivity index (χ1n) is 7.25. The van der Waals surface area contributed by atoms with E-state index in [0.29, 0.717) is 13.0 Å². The second-order valence-corrected chi connectivity index (χ2v) is 5.00. The number of unbranched alkanes of at least 4 members (excludes halogenated alkanes) is 1. The van der Waals surface area contributed by atoms with E-state index in [2.05, 4.69) is 6.92 Å². The van der Waals surface area contributed by atoms with Gasteiger partial charge in [-0.15, -0.1) is 0 Å². The zero-order chi connectivity index (χ0) is 15.0. The van der Waals surface area contributed by atoms with Gasteiger partial charge in [0.05, 0.1) is 12.5 Å². The van der Waals surface area contributed by atoms with Crippen molar-refractivity contribution < 1.29 is 13.9 Å². The molecule has 1 rings (SSSR count). The Morgan fingerprint density at radius 1 is 1.30 bits per heavy atom. The number of carbonyl (C=O) groups excluding carboxylic acids is 1. The minimum absolute atomic E-state index is 0.226. The van der Waals surface area contributed by atoms with Crippen molar-refractivity contribution in [2.24, 2.45) is 11.7 Å². The molecule has 0 radical (unpaired) electrons. The Morgan fingerprint density at radius 2 is 1.95 bits per heavy atom. The van der Waals surface area contributed by atoms with Gasteiger partial charge in [-0.05, 0) is 37.5 Å². The van der Waals surface area contributed by atoms with Crippen molar-refractivity contribution in [2.75, 3.05) is 6.61 Å². The van der Waals surface area contributed by atoms with Gasteiger partial charge < -0.3 is 10.5 Å². The molecule has 0 aromatic heterocycles. The number of benzene rings is 1. The molecule has 0 saturated carbocycles. The van der Waals surface area contributed by atoms with E-state index in [0.717, 1.165) is 24.8 Å². The highest BCUT2D eigenvalue weighted by molar-refractivity contribution is 5.73. The van der Waals surface area contributed by atoms with Gasteiger partial charge in [-0.2, -0.15) is 0 Å². The number of rotatable bonds is 8. The van der Waals surface area contributed by atoms with E-state index in [1.807, 2.05) is 0 Å². The number of carbonyl (C=O) groups is 1. The molecule has 112 valence electrons. The summed E-state index contributed by atoms with van der Waals surface area (Å²) < 4.78 is 18.0. The van der Waals surface area contributed by atoms with Crippen molar-refractivity contribution in [3.05, 3.63) is 35.6 Å². The lowest BCUT2D eigenvalue weighted by atomic mass is 9.90. The van der Waals surface area contributed by atoms with E-state index in [9.17, 15) is 9.18 Å². The van der Waals surface area contributed by atoms with Crippen LogP contribution in [0.15, 0.2) is 24.3 Å². The molecule has 4 heteroatoms. The summed E-state index contributed by atoms with van der Waals surface area (Å²) in [5, 5.41) is 0. The number of hydrogen-bond donors (Lipinski definition) is 1. The number of ether oxygens (including phenoxy) is 1. The van der Waals surface area contributed by atoms with E-state index >= 15 is 0 Å². The molecule has 0 spiro atoms. The number of hydrogen-bond acceptors (Lipinski definition) is 3. The summed E-state index contributed by atoms with van der Waals surface area (Å²) in [6.07, 6.45) is 3.24. The molecular weight excluding hydrogens is 257 g/mol. The molecule has 1 aromatic carbocycles. The number of nitrogens with two attached hydrogens (primary N) is 1. The summed E-state index contributed by atoms with van der Waals surface area (Å²) in [6.45, 7) is 4.23. The maximum atomic E-state index is 12.9. The predicted octanol–water partition coefficient (Wildman–Crippen LogP) is 3.07. The van der Waals surface area contributed by atoms with Crippen LogP contribution in [0.3, 0.4) is 0 Å². The van der Waals surface area contributed by atoms with Gasteiger partial charge in [0.25, 0.3) is 0 Å². The van der Waals surface area contributed by atoms with Gasteiger partial charge in [-0.1, -0.05) is 31.9 Å². The van der Waals surface area contributed by atoms with Gasteiger partial charge in [0, 0.05) is 6.04 Å². The lowest BCUT2D eigenvalue weighted by Crippen LogP contribution is -2.38. The molecule has 0 bridgehead atoms. The van der Waals surface area contributed by atoms with Crippen LogP contribution >= 0.6 is 0 Å². The highest BCUT2D eigenvalue weighted by Gasteiger charge is 2.26. The van der Waals surface area contributed by atoms with Crippen LogP contribution in [0.2, 0.25) is 0 Å². The largest absolute Gasteiger partial charge is 0.466 e. The maximum Gasteiger partial charge on any atom is 0.310 e. The van der Waals surface area contributed by atoms with Crippen molar-refractivity contribution in [2.45, 2.75) is 45.6 Å². The van der Waals surface area contributed by atoms with Crippen LogP contribution < -0.4 is 5.73 Å². The molecule has 0 amide bonds. The summed E-state index contributed by atoms with van der Waals surface area (Å²) in [5.41, 5.74) is 7.10. The topological polar surface area (TPSA) is 52.3 Å². The van der Waals surface area contributed by atoms with Gasteiger partial charge in [0.2, 0.25) is 0 Å². The van der Waals surface area contributed by atoms with Crippen LogP contribution in [0, 0.1) is 11.7 Å². The third-order valence-electron chi connectivity index (χ3n) is 3.36. The first-order valence-corrected chi connectivity index (χ1v) is 7.25. The van der Waals surface area contributed by atoms with Crippen molar-refractivity contribution >= 4 is 5.97 Å². The predicted molar refractivity (Wildman–Crippen MR) is 77.7 cm³/mol. The average molecular weight is 281 g/mol. The van der Waals surface area contributed by atoms with Crippen molar-refractivity contribution in [1.29, 1.82) is 0 Å². The Bertz CT molecular complexity index is 405. The Morgan fingerprint density at radius 3 is 2.50 bits per heavy atom. The molecule has 0 aliphatic rings. The maximum absolute atomic E-state index is 12.9. The fraction of sp³-hybridized carbons (Fsp3) is 0.562. The van der Waals surface area contributed by atoms with E-state index < -0.39 is 0 Å². The van der Waals surface area contributed by atoms with Crippen LogP contribution in [-0.4, -0.2) is 18.6 Å². The molecule has 3 nitrogen and oxygen atoms in total. The molecule has 0 aliphatic carbocycles. The summed E-state index contributed by atoms with van der Waals surface area (Å²) >= 11 is 0. The molecule has 0 unspecified atom stereocenters. The summed E-state index contributed by atoms with van der Waals surface area (Å²) in [7, 11) is 0. The SMILES string of the molecule is CCCC[C@H](C(=O)OCC)[C@@H](N)Cc1ccc(F)cc1. The van der Waals surface area contributed by atoms with E-state index in [-0.39, 0.29) is 23.7 Å². The summed E-state index contributed by atoms with van der Waals surface area (Å²) in [6, 6.07) is 5.93. The Hall–Kier alpha value is -1.42. The molecule has 2 atom stereocenters. The third kappa shape index (κ3) is 5.29. The van der Waals surface area contributed by atoms with E-state index in [4.69, 9.17) is 10.5 Å². The van der Waals surface area contributed by atoms with Crippen LogP contribution in [0.5, 0.6) is 0 Å². The van der Waals surface area contributed by atoms with Crippen molar-refractivity contribution in [3.8, 4) is 0 Å². The molecule has 1 aromatic rings. The second-order valence-electron chi connectivity index (χ2n) is 5.00. The highest BCUT2D eigenvalue weighted by atomic mass is 19.1. The molecule has 2 N–H and O–H groups in total. The van der Waals surface area contributed by atoms with Crippen LogP contribution in [0.4, 0.5) is 4.39 Å². The molecule has 20 heavy (non-hydrogen) atoms. The van der Waals surface area contributed by atoms with E-state index in [1.165, 1.54) is 12.1 Å². The lowest BCUT2D eigenvalue weighted by molar-refractivity contribution is -0.149. The first kappa shape index (κ1) is 16.6. The lowest BCUT2D eigenvalue weighted by Gasteiger charge is -2.22. The zero-order valence-electron chi connectivity index (χ0n) is 12.3. The average Bonchev–Trinajstić information content (AvgIpc) is 2.42. The molecule has 0 aliphatic heterocycles. The molecule has 0 fully saturated rings. The third-order valence-corrected chi connectivity index (χ3v) is 3.36. The van der Waals surface area contributed by atoms with Gasteiger partial charge in [-0.3, -0.25) is 4.79 Å². The van der Waals surface area contributed by atoms with Crippen molar-refractivity contribution in [1.82, 2.24) is 0 Å². The second kappa shape index (κ2) is 8.69. The fourth-order valence-corrected chi connectivity index (χ4v) is 2.21. The smallest absolute Gasteiger partial charge is 0.310 e. The quantitative estimate of drug-likeness (QED) is 0.745. The van der Waals surface area contributed by atoms with Gasteiger partial charge >= 0.3 is 5.97 Å². The monoisotopic (exact) mass is 281 g/mol. The minimum atomic E-state index is -0.300. The first-order chi connectivity index (χ1) is 9.58. The Labute approximate surface area is 120 Å². The van der Waals surface area contributed by atoms with Crippen LogP contribution in [-0.2, 0) is 16.0 Å². The standard InChI is InChI=1S/C16H24FNO2/c1-3-5-6-14(16(19)20-4-2)15(18)11-12-7-9-13(17)10-8-12/h7-10,14-15H,3-6,11,18H2,1-2H3/t14-,15-/m0/s1. The molecule has 0 saturated heterocycles. The molecule has 0 heterocycles. The Kier molecular flexibility index (Phi) is 7.23. The number of esters is 1. The van der Waals surface area contributed by atoms with Crippen LogP contribution in [0.1, 0.15) is 38.7 Å². The Balaban J connectivity index is 2.68. The number of halogens is 1. The minimum Gasteiger partial charge on any atom is -0.466 e. The van der Waals surface area contributed by atoms with Crippen molar-refractivity contribution in [3.63, 3.8) is 0 Å². The van der Waals surface area contributed by atoms with Crippen LogP contribution in [0.25, 0.3) is 0 Å². The zero-order valence-corrected chi connectivity index (χ0v) is 12.3. The molecular formula is C16H24FNO2. The van der Waals surface area contributed by atoms with Gasteiger partial charge in [0.1, 0.15) is 5.82 Å². The highest BCUT2D eigenvalue weighted by Crippen LogP contribution is 2.18. The van der Waals surface area contributed by atoms with Gasteiger partial charge in [0.15, 0.2) is 0 Å². The fourth-order valence-electron chi connectivity index (χ4n) is 2.21. The normalized spacial score (nSPS) is 13.8.